The molecular formula is C5H2BrClN4. The van der Waals surface area contributed by atoms with E-state index in [1.54, 1.807) is 6.07 Å². The standard InChI is InChI=1S/C5H2BrClN4/c6-3-1-4(10-11-8)5(7)9-2-3/h1-2H. The van der Waals surface area contributed by atoms with Crippen LogP contribution < -0.4 is 0 Å². The molecule has 0 spiro atoms. The summed E-state index contributed by atoms with van der Waals surface area (Å²) < 4.78 is 0.726. The topological polar surface area (TPSA) is 61.7 Å². The number of aromatic nitrogens is 1. The first-order chi connectivity index (χ1) is 5.24. The maximum atomic E-state index is 8.09. The van der Waals surface area contributed by atoms with Crippen LogP contribution in [0.5, 0.6) is 0 Å². The van der Waals surface area contributed by atoms with Gasteiger partial charge in [-0.25, -0.2) is 4.98 Å². The summed E-state index contributed by atoms with van der Waals surface area (Å²) in [6.07, 6.45) is 1.53. The van der Waals surface area contributed by atoms with E-state index in [0.717, 1.165) is 4.47 Å². The van der Waals surface area contributed by atoms with Gasteiger partial charge in [-0.15, -0.1) is 0 Å². The van der Waals surface area contributed by atoms with E-state index < -0.39 is 0 Å². The number of halogens is 2. The van der Waals surface area contributed by atoms with Crippen molar-refractivity contribution in [3.63, 3.8) is 0 Å². The lowest BCUT2D eigenvalue weighted by molar-refractivity contribution is 1.28. The maximum Gasteiger partial charge on any atom is 0.138 e. The molecule has 1 aromatic rings. The van der Waals surface area contributed by atoms with Crippen molar-refractivity contribution in [1.82, 2.24) is 4.98 Å². The van der Waals surface area contributed by atoms with Crippen molar-refractivity contribution in [1.29, 1.82) is 0 Å². The number of nitrogens with zero attached hydrogens (tertiary/aromatic N) is 4. The molecule has 0 aliphatic heterocycles. The maximum absolute atomic E-state index is 8.09. The Morgan fingerprint density at radius 2 is 2.45 bits per heavy atom. The minimum atomic E-state index is 0.200. The van der Waals surface area contributed by atoms with Crippen LogP contribution in [-0.4, -0.2) is 4.98 Å². The van der Waals surface area contributed by atoms with Crippen LogP contribution in [0.2, 0.25) is 5.15 Å². The molecule has 0 radical (unpaired) electrons. The Labute approximate surface area is 76.0 Å². The van der Waals surface area contributed by atoms with E-state index in [2.05, 4.69) is 30.9 Å². The first-order valence-electron chi connectivity index (χ1n) is 2.60. The van der Waals surface area contributed by atoms with Gasteiger partial charge in [-0.05, 0) is 27.5 Å². The number of pyridine rings is 1. The van der Waals surface area contributed by atoms with E-state index in [1.165, 1.54) is 6.20 Å². The van der Waals surface area contributed by atoms with Gasteiger partial charge in [0.15, 0.2) is 0 Å². The molecule has 0 atom stereocenters. The van der Waals surface area contributed by atoms with E-state index >= 15 is 0 Å². The molecule has 1 heterocycles. The van der Waals surface area contributed by atoms with Gasteiger partial charge in [0.25, 0.3) is 0 Å². The normalized spacial score (nSPS) is 8.91. The molecule has 0 aromatic carbocycles. The number of azide groups is 1. The van der Waals surface area contributed by atoms with Crippen LogP contribution in [0.4, 0.5) is 5.69 Å². The van der Waals surface area contributed by atoms with Gasteiger partial charge >= 0.3 is 0 Å². The average Bonchev–Trinajstić information content (AvgIpc) is 1.98. The summed E-state index contributed by atoms with van der Waals surface area (Å²) in [6.45, 7) is 0. The highest BCUT2D eigenvalue weighted by Crippen LogP contribution is 2.25. The molecular weight excluding hydrogens is 231 g/mol. The van der Waals surface area contributed by atoms with Crippen LogP contribution in [-0.2, 0) is 0 Å². The molecule has 56 valence electrons. The zero-order chi connectivity index (χ0) is 8.27. The van der Waals surface area contributed by atoms with Gasteiger partial charge in [-0.3, -0.25) is 0 Å². The molecule has 0 amide bonds. The Balaban J connectivity index is 3.22. The molecule has 1 aromatic heterocycles. The monoisotopic (exact) mass is 232 g/mol. The van der Waals surface area contributed by atoms with Crippen molar-refractivity contribution in [2.45, 2.75) is 0 Å². The molecule has 0 N–H and O–H groups in total. The highest BCUT2D eigenvalue weighted by atomic mass is 79.9. The molecule has 1 rings (SSSR count). The molecule has 6 heteroatoms. The van der Waals surface area contributed by atoms with E-state index in [-0.39, 0.29) is 5.15 Å². The van der Waals surface area contributed by atoms with Crippen molar-refractivity contribution in [2.24, 2.45) is 5.11 Å². The van der Waals surface area contributed by atoms with Crippen molar-refractivity contribution >= 4 is 33.2 Å². The van der Waals surface area contributed by atoms with E-state index in [9.17, 15) is 0 Å². The Bertz CT molecular complexity index is 320. The SMILES string of the molecule is [N-]=[N+]=Nc1cc(Br)cnc1Cl. The lowest BCUT2D eigenvalue weighted by Crippen LogP contribution is -1.74. The summed E-state index contributed by atoms with van der Waals surface area (Å²) in [7, 11) is 0. The van der Waals surface area contributed by atoms with E-state index in [0.29, 0.717) is 5.69 Å². The molecule has 0 aliphatic rings. The first-order valence-corrected chi connectivity index (χ1v) is 3.77. The summed E-state index contributed by atoms with van der Waals surface area (Å²) in [6, 6.07) is 1.59. The third-order valence-electron chi connectivity index (χ3n) is 0.940. The van der Waals surface area contributed by atoms with Crippen molar-refractivity contribution in [2.75, 3.05) is 0 Å². The van der Waals surface area contributed by atoms with Crippen LogP contribution in [0.1, 0.15) is 0 Å². The van der Waals surface area contributed by atoms with Crippen LogP contribution >= 0.6 is 27.5 Å². The zero-order valence-electron chi connectivity index (χ0n) is 5.20. The van der Waals surface area contributed by atoms with Crippen molar-refractivity contribution in [3.8, 4) is 0 Å². The predicted molar refractivity (Wildman–Crippen MR) is 45.8 cm³/mol. The molecule has 0 fully saturated rings. The Kier molecular flexibility index (Phi) is 2.70. The molecule has 0 saturated heterocycles. The molecule has 0 unspecified atom stereocenters. The summed E-state index contributed by atoms with van der Waals surface area (Å²) in [5, 5.41) is 3.52. The minimum absolute atomic E-state index is 0.200. The number of hydrogen-bond donors (Lipinski definition) is 0. The molecule has 11 heavy (non-hydrogen) atoms. The zero-order valence-corrected chi connectivity index (χ0v) is 7.54. The highest BCUT2D eigenvalue weighted by molar-refractivity contribution is 9.10. The third-order valence-corrected chi connectivity index (χ3v) is 1.66. The minimum Gasteiger partial charge on any atom is -0.243 e. The largest absolute Gasteiger partial charge is 0.243 e. The smallest absolute Gasteiger partial charge is 0.138 e. The van der Waals surface area contributed by atoms with Gasteiger partial charge in [-0.2, -0.15) is 0 Å². The Hall–Kier alpha value is -0.770. The summed E-state index contributed by atoms with van der Waals surface area (Å²) in [4.78, 5) is 6.34. The lowest BCUT2D eigenvalue weighted by atomic mass is 10.4. The average molecular weight is 233 g/mol. The van der Waals surface area contributed by atoms with Crippen molar-refractivity contribution < 1.29 is 0 Å². The molecule has 0 bridgehead atoms. The van der Waals surface area contributed by atoms with Gasteiger partial charge in [0.2, 0.25) is 0 Å². The predicted octanol–water partition coefficient (Wildman–Crippen LogP) is 3.44. The van der Waals surface area contributed by atoms with Gasteiger partial charge in [-0.1, -0.05) is 16.7 Å². The summed E-state index contributed by atoms with van der Waals surface area (Å²) >= 11 is 8.74. The fourth-order valence-corrected chi connectivity index (χ4v) is 0.991. The Morgan fingerprint density at radius 1 is 1.73 bits per heavy atom. The molecule has 0 saturated carbocycles. The van der Waals surface area contributed by atoms with Crippen LogP contribution in [0.25, 0.3) is 10.4 Å². The fourth-order valence-electron chi connectivity index (χ4n) is 0.530. The third kappa shape index (κ3) is 2.08. The summed E-state index contributed by atoms with van der Waals surface area (Å²) in [5.74, 6) is 0. The number of rotatable bonds is 1. The lowest BCUT2D eigenvalue weighted by Gasteiger charge is -1.94. The second-order valence-electron chi connectivity index (χ2n) is 1.65. The number of hydrogen-bond acceptors (Lipinski definition) is 2. The Morgan fingerprint density at radius 3 is 3.09 bits per heavy atom. The van der Waals surface area contributed by atoms with Crippen LogP contribution in [0, 0.1) is 0 Å². The van der Waals surface area contributed by atoms with Crippen LogP contribution in [0.15, 0.2) is 21.9 Å². The van der Waals surface area contributed by atoms with Gasteiger partial charge in [0, 0.05) is 15.6 Å². The quantitative estimate of drug-likeness (QED) is 0.317. The fraction of sp³-hybridized carbons (Fsp3) is 0. The highest BCUT2D eigenvalue weighted by Gasteiger charge is 1.98. The van der Waals surface area contributed by atoms with Gasteiger partial charge < -0.3 is 0 Å². The van der Waals surface area contributed by atoms with Crippen molar-refractivity contribution in [3.05, 3.63) is 32.3 Å². The molecule has 4 nitrogen and oxygen atoms in total. The van der Waals surface area contributed by atoms with Gasteiger partial charge in [0.1, 0.15) is 5.15 Å². The first kappa shape index (κ1) is 8.33. The summed E-state index contributed by atoms with van der Waals surface area (Å²) in [5.41, 5.74) is 8.41. The second kappa shape index (κ2) is 3.57. The molecule has 0 aliphatic carbocycles. The van der Waals surface area contributed by atoms with E-state index in [1.807, 2.05) is 0 Å². The van der Waals surface area contributed by atoms with Crippen LogP contribution in [0.3, 0.4) is 0 Å². The van der Waals surface area contributed by atoms with Gasteiger partial charge in [0.05, 0.1) is 5.69 Å². The van der Waals surface area contributed by atoms with E-state index in [4.69, 9.17) is 17.1 Å². The second-order valence-corrected chi connectivity index (χ2v) is 2.93.